The molecular formula is C15H16O5S. The molecule has 0 amide bonds. The van der Waals surface area contributed by atoms with Crippen molar-refractivity contribution in [3.8, 4) is 11.5 Å². The molecule has 0 radical (unpaired) electrons. The lowest BCUT2D eigenvalue weighted by Crippen LogP contribution is -2.22. The summed E-state index contributed by atoms with van der Waals surface area (Å²) >= 11 is 0. The second-order valence-corrected chi connectivity index (χ2v) is 6.72. The Kier molecular flexibility index (Phi) is 3.69. The molecule has 0 heterocycles. The maximum Gasteiger partial charge on any atom is 0.294 e. The zero-order valence-corrected chi connectivity index (χ0v) is 12.4. The molecule has 3 N–H and O–H groups in total. The summed E-state index contributed by atoms with van der Waals surface area (Å²) < 4.78 is 32.5. The Bertz CT molecular complexity index is 761. The van der Waals surface area contributed by atoms with Gasteiger partial charge in [-0.25, -0.2) is 0 Å². The summed E-state index contributed by atoms with van der Waals surface area (Å²) in [4.78, 5) is -0.333. The van der Waals surface area contributed by atoms with Crippen LogP contribution in [-0.4, -0.2) is 23.2 Å². The van der Waals surface area contributed by atoms with E-state index >= 15 is 0 Å². The van der Waals surface area contributed by atoms with Gasteiger partial charge in [0.15, 0.2) is 0 Å². The van der Waals surface area contributed by atoms with Gasteiger partial charge in [-0.05, 0) is 29.3 Å². The Morgan fingerprint density at radius 3 is 1.95 bits per heavy atom. The van der Waals surface area contributed by atoms with Gasteiger partial charge in [0.2, 0.25) is 0 Å². The van der Waals surface area contributed by atoms with Gasteiger partial charge < -0.3 is 10.2 Å². The van der Waals surface area contributed by atoms with Crippen LogP contribution in [0.5, 0.6) is 11.5 Å². The maximum atomic E-state index is 11.5. The molecule has 2 aromatic carbocycles. The first-order chi connectivity index (χ1) is 9.62. The topological polar surface area (TPSA) is 94.8 Å². The molecule has 2 aromatic rings. The summed E-state index contributed by atoms with van der Waals surface area (Å²) in [5.41, 5.74) is 0.372. The summed E-state index contributed by atoms with van der Waals surface area (Å²) in [5, 5.41) is 18.8. The van der Waals surface area contributed by atoms with Crippen LogP contribution in [0.25, 0.3) is 0 Å². The van der Waals surface area contributed by atoms with Crippen molar-refractivity contribution in [3.05, 3.63) is 53.6 Å². The van der Waals surface area contributed by atoms with Crippen molar-refractivity contribution in [2.45, 2.75) is 24.2 Å². The molecule has 112 valence electrons. The van der Waals surface area contributed by atoms with Crippen LogP contribution < -0.4 is 0 Å². The van der Waals surface area contributed by atoms with E-state index in [4.69, 9.17) is 0 Å². The van der Waals surface area contributed by atoms with Crippen molar-refractivity contribution in [3.63, 3.8) is 0 Å². The zero-order chi connectivity index (χ0) is 15.8. The van der Waals surface area contributed by atoms with Gasteiger partial charge >= 0.3 is 0 Å². The lowest BCUT2D eigenvalue weighted by atomic mass is 9.78. The molecule has 0 bridgehead atoms. The van der Waals surface area contributed by atoms with E-state index in [2.05, 4.69) is 0 Å². The monoisotopic (exact) mass is 308 g/mol. The summed E-state index contributed by atoms with van der Waals surface area (Å²) in [6.45, 7) is 3.58. The lowest BCUT2D eigenvalue weighted by molar-refractivity contribution is 0.461. The van der Waals surface area contributed by atoms with Gasteiger partial charge in [0.25, 0.3) is 10.1 Å². The van der Waals surface area contributed by atoms with Crippen LogP contribution in [0.3, 0.4) is 0 Å². The zero-order valence-electron chi connectivity index (χ0n) is 11.6. The average Bonchev–Trinajstić information content (AvgIpc) is 2.38. The molecule has 0 saturated heterocycles. The molecule has 6 heteroatoms. The molecule has 0 aliphatic rings. The van der Waals surface area contributed by atoms with E-state index in [1.54, 1.807) is 26.0 Å². The standard InChI is InChI=1S/C15H16O5S/c1-15(2,10-3-5-11(16)6-4-10)13-8-7-12(17)9-14(13)21(18,19)20/h3-9,16-17H,1-2H3,(H,18,19,20). The van der Waals surface area contributed by atoms with Gasteiger partial charge in [-0.2, -0.15) is 8.42 Å². The average molecular weight is 308 g/mol. The van der Waals surface area contributed by atoms with Gasteiger partial charge in [-0.3, -0.25) is 4.55 Å². The van der Waals surface area contributed by atoms with E-state index in [9.17, 15) is 23.2 Å². The van der Waals surface area contributed by atoms with Crippen LogP contribution in [0.4, 0.5) is 0 Å². The molecule has 21 heavy (non-hydrogen) atoms. The van der Waals surface area contributed by atoms with E-state index in [0.717, 1.165) is 11.6 Å². The number of phenols is 2. The van der Waals surface area contributed by atoms with Crippen LogP contribution in [0, 0.1) is 0 Å². The van der Waals surface area contributed by atoms with Crippen LogP contribution >= 0.6 is 0 Å². The predicted octanol–water partition coefficient (Wildman–Crippen LogP) is 2.67. The van der Waals surface area contributed by atoms with E-state index in [0.29, 0.717) is 5.56 Å². The van der Waals surface area contributed by atoms with E-state index in [1.807, 2.05) is 0 Å². The number of aromatic hydroxyl groups is 2. The lowest BCUT2D eigenvalue weighted by Gasteiger charge is -2.27. The minimum absolute atomic E-state index is 0.107. The highest BCUT2D eigenvalue weighted by atomic mass is 32.2. The van der Waals surface area contributed by atoms with Gasteiger partial charge in [-0.15, -0.1) is 0 Å². The molecule has 2 rings (SSSR count). The molecular weight excluding hydrogens is 292 g/mol. The molecule has 0 atom stereocenters. The quantitative estimate of drug-likeness (QED) is 0.758. The molecule has 0 fully saturated rings. The fourth-order valence-corrected chi connectivity index (χ4v) is 3.15. The van der Waals surface area contributed by atoms with Gasteiger partial charge in [0.05, 0.1) is 0 Å². The smallest absolute Gasteiger partial charge is 0.294 e. The first-order valence-corrected chi connectivity index (χ1v) is 7.67. The summed E-state index contributed by atoms with van der Waals surface area (Å²) in [6, 6.07) is 10.2. The molecule has 0 spiro atoms. The maximum absolute atomic E-state index is 11.5. The Labute approximate surface area is 123 Å². The van der Waals surface area contributed by atoms with Crippen molar-refractivity contribution in [2.24, 2.45) is 0 Å². The van der Waals surface area contributed by atoms with Crippen LogP contribution in [0.15, 0.2) is 47.4 Å². The first kappa shape index (κ1) is 15.3. The summed E-state index contributed by atoms with van der Waals surface area (Å²) in [5.74, 6) is -0.136. The molecule has 0 saturated carbocycles. The van der Waals surface area contributed by atoms with Crippen molar-refractivity contribution >= 4 is 10.1 Å². The summed E-state index contributed by atoms with van der Waals surface area (Å²) in [7, 11) is -4.46. The van der Waals surface area contributed by atoms with Crippen molar-refractivity contribution in [1.29, 1.82) is 0 Å². The minimum Gasteiger partial charge on any atom is -0.508 e. The molecule has 0 aliphatic heterocycles. The van der Waals surface area contributed by atoms with Gasteiger partial charge in [0.1, 0.15) is 16.4 Å². The van der Waals surface area contributed by atoms with E-state index in [1.165, 1.54) is 24.3 Å². The fraction of sp³-hybridized carbons (Fsp3) is 0.200. The van der Waals surface area contributed by atoms with Crippen molar-refractivity contribution < 1.29 is 23.2 Å². The van der Waals surface area contributed by atoms with Gasteiger partial charge in [0, 0.05) is 11.5 Å². The number of benzene rings is 2. The third-order valence-electron chi connectivity index (χ3n) is 3.51. The Balaban J connectivity index is 2.67. The predicted molar refractivity (Wildman–Crippen MR) is 78.2 cm³/mol. The van der Waals surface area contributed by atoms with Crippen molar-refractivity contribution in [1.82, 2.24) is 0 Å². The number of phenolic OH excluding ortho intramolecular Hbond substituents is 2. The second kappa shape index (κ2) is 5.05. The molecule has 0 aromatic heterocycles. The Hall–Kier alpha value is -2.05. The summed E-state index contributed by atoms with van der Waals surface area (Å²) in [6.07, 6.45) is 0. The molecule has 0 unspecified atom stereocenters. The van der Waals surface area contributed by atoms with E-state index < -0.39 is 15.5 Å². The third-order valence-corrected chi connectivity index (χ3v) is 4.40. The second-order valence-electron chi connectivity index (χ2n) is 5.33. The number of hydrogen-bond donors (Lipinski definition) is 3. The Morgan fingerprint density at radius 2 is 1.43 bits per heavy atom. The highest BCUT2D eigenvalue weighted by molar-refractivity contribution is 7.85. The number of hydrogen-bond acceptors (Lipinski definition) is 4. The largest absolute Gasteiger partial charge is 0.508 e. The first-order valence-electron chi connectivity index (χ1n) is 6.23. The molecule has 5 nitrogen and oxygen atoms in total. The highest BCUT2D eigenvalue weighted by Gasteiger charge is 2.30. The highest BCUT2D eigenvalue weighted by Crippen LogP contribution is 2.37. The van der Waals surface area contributed by atoms with Crippen molar-refractivity contribution in [2.75, 3.05) is 0 Å². The van der Waals surface area contributed by atoms with Crippen LogP contribution in [0.2, 0.25) is 0 Å². The third kappa shape index (κ3) is 3.01. The fourth-order valence-electron chi connectivity index (χ4n) is 2.27. The SMILES string of the molecule is CC(C)(c1ccc(O)cc1)c1ccc(O)cc1S(=O)(=O)O. The van der Waals surface area contributed by atoms with Crippen LogP contribution in [0.1, 0.15) is 25.0 Å². The van der Waals surface area contributed by atoms with E-state index in [-0.39, 0.29) is 16.4 Å². The number of rotatable bonds is 3. The van der Waals surface area contributed by atoms with Crippen LogP contribution in [-0.2, 0) is 15.5 Å². The normalized spacial score (nSPS) is 12.3. The van der Waals surface area contributed by atoms with Gasteiger partial charge in [-0.1, -0.05) is 32.0 Å². The Morgan fingerprint density at radius 1 is 0.905 bits per heavy atom. The minimum atomic E-state index is -4.46. The molecule has 0 aliphatic carbocycles.